The van der Waals surface area contributed by atoms with Gasteiger partial charge in [0.1, 0.15) is 0 Å². The van der Waals surface area contributed by atoms with Crippen LogP contribution in [0.2, 0.25) is 0 Å². The number of carbonyl (C=O) groups is 3. The summed E-state index contributed by atoms with van der Waals surface area (Å²) in [6.45, 7) is 1.17. The van der Waals surface area contributed by atoms with Gasteiger partial charge in [0.15, 0.2) is 6.61 Å². The molecule has 1 aromatic rings. The predicted octanol–water partition coefficient (Wildman–Crippen LogP) is 1.16. The van der Waals surface area contributed by atoms with Gasteiger partial charge in [-0.15, -0.1) is 6.42 Å². The topological polar surface area (TPSA) is 131 Å². The number of ether oxygens (including phenoxy) is 1. The van der Waals surface area contributed by atoms with E-state index in [0.717, 1.165) is 31.7 Å². The van der Waals surface area contributed by atoms with Gasteiger partial charge in [-0.25, -0.2) is 18.0 Å². The lowest BCUT2D eigenvalue weighted by Gasteiger charge is -2.29. The van der Waals surface area contributed by atoms with E-state index in [1.54, 1.807) is 0 Å². The van der Waals surface area contributed by atoms with Gasteiger partial charge in [0.25, 0.3) is 5.91 Å². The van der Waals surface area contributed by atoms with E-state index in [9.17, 15) is 22.8 Å². The van der Waals surface area contributed by atoms with Crippen molar-refractivity contribution in [1.82, 2.24) is 15.4 Å². The second-order valence-corrected chi connectivity index (χ2v) is 8.79. The largest absolute Gasteiger partial charge is 0.452 e. The molecule has 1 aliphatic rings. The first-order valence-electron chi connectivity index (χ1n) is 9.53. The first kappa shape index (κ1) is 23.4. The molecular formula is C20H25N3O6S. The summed E-state index contributed by atoms with van der Waals surface area (Å²) in [4.78, 5) is 35.8. The lowest BCUT2D eigenvalue weighted by Crippen LogP contribution is -2.48. The minimum absolute atomic E-state index is 0.00173. The van der Waals surface area contributed by atoms with Crippen molar-refractivity contribution >= 4 is 27.9 Å². The van der Waals surface area contributed by atoms with Gasteiger partial charge < -0.3 is 10.1 Å². The molecule has 2 atom stereocenters. The van der Waals surface area contributed by atoms with Crippen LogP contribution in [0.1, 0.15) is 43.0 Å². The zero-order valence-electron chi connectivity index (χ0n) is 16.6. The third-order valence-electron chi connectivity index (χ3n) is 4.76. The van der Waals surface area contributed by atoms with Crippen LogP contribution in [0.25, 0.3) is 0 Å². The molecule has 0 spiro atoms. The minimum Gasteiger partial charge on any atom is -0.452 e. The Morgan fingerprint density at radius 1 is 1.23 bits per heavy atom. The van der Waals surface area contributed by atoms with Crippen molar-refractivity contribution in [3.05, 3.63) is 29.8 Å². The minimum atomic E-state index is -3.88. The second kappa shape index (κ2) is 10.8. The van der Waals surface area contributed by atoms with E-state index in [0.29, 0.717) is 5.92 Å². The van der Waals surface area contributed by atoms with E-state index < -0.39 is 34.5 Å². The lowest BCUT2D eigenvalue weighted by molar-refractivity contribution is -0.123. The van der Waals surface area contributed by atoms with E-state index in [-0.39, 0.29) is 23.0 Å². The predicted molar refractivity (Wildman–Crippen MR) is 109 cm³/mol. The van der Waals surface area contributed by atoms with Crippen molar-refractivity contribution < 1.29 is 27.5 Å². The van der Waals surface area contributed by atoms with Gasteiger partial charge in [-0.3, -0.25) is 10.1 Å². The molecule has 1 aromatic carbocycles. The van der Waals surface area contributed by atoms with Crippen LogP contribution in [0.3, 0.4) is 0 Å². The molecule has 1 fully saturated rings. The normalized spacial score (nSPS) is 18.7. The van der Waals surface area contributed by atoms with Gasteiger partial charge in [-0.2, -0.15) is 4.72 Å². The smallest absolute Gasteiger partial charge is 0.338 e. The van der Waals surface area contributed by atoms with Crippen molar-refractivity contribution in [3.8, 4) is 12.3 Å². The molecule has 0 aliphatic heterocycles. The zero-order chi connectivity index (χ0) is 22.1. The molecule has 9 nitrogen and oxygen atoms in total. The van der Waals surface area contributed by atoms with Crippen molar-refractivity contribution in [2.75, 3.05) is 13.2 Å². The maximum Gasteiger partial charge on any atom is 0.338 e. The average Bonchev–Trinajstić information content (AvgIpc) is 2.72. The van der Waals surface area contributed by atoms with Crippen LogP contribution in [-0.4, -0.2) is 45.5 Å². The Hall–Kier alpha value is -2.90. The van der Waals surface area contributed by atoms with E-state index in [4.69, 9.17) is 11.2 Å². The molecule has 10 heteroatoms. The maximum absolute atomic E-state index is 12.1. The molecule has 2 rings (SSSR count). The molecule has 0 saturated heterocycles. The average molecular weight is 436 g/mol. The molecular weight excluding hydrogens is 410 g/mol. The van der Waals surface area contributed by atoms with Crippen LogP contribution in [0, 0.1) is 18.3 Å². The summed E-state index contributed by atoms with van der Waals surface area (Å²) in [5.41, 5.74) is -0.0631. The van der Waals surface area contributed by atoms with Crippen molar-refractivity contribution in [2.45, 2.75) is 43.5 Å². The summed E-state index contributed by atoms with van der Waals surface area (Å²) in [6.07, 6.45) is 9.05. The molecule has 0 aromatic heterocycles. The van der Waals surface area contributed by atoms with E-state index in [2.05, 4.69) is 21.3 Å². The van der Waals surface area contributed by atoms with E-state index >= 15 is 0 Å². The zero-order valence-corrected chi connectivity index (χ0v) is 17.5. The van der Waals surface area contributed by atoms with Gasteiger partial charge in [0, 0.05) is 6.04 Å². The third kappa shape index (κ3) is 6.86. The van der Waals surface area contributed by atoms with Gasteiger partial charge in [0.05, 0.1) is 17.0 Å². The van der Waals surface area contributed by atoms with Crippen molar-refractivity contribution in [1.29, 1.82) is 0 Å². The fourth-order valence-corrected chi connectivity index (χ4v) is 4.10. The first-order valence-corrected chi connectivity index (χ1v) is 11.0. The quantitative estimate of drug-likeness (QED) is 0.435. The summed E-state index contributed by atoms with van der Waals surface area (Å²) in [7, 11) is -3.88. The van der Waals surface area contributed by atoms with E-state index in [1.807, 2.05) is 6.92 Å². The van der Waals surface area contributed by atoms with Gasteiger partial charge in [-0.1, -0.05) is 31.8 Å². The highest BCUT2D eigenvalue weighted by atomic mass is 32.2. The molecule has 3 amide bonds. The van der Waals surface area contributed by atoms with Crippen LogP contribution >= 0.6 is 0 Å². The molecule has 2 unspecified atom stereocenters. The number of urea groups is 1. The molecule has 3 N–H and O–H groups in total. The Morgan fingerprint density at radius 3 is 2.67 bits per heavy atom. The number of hydrogen-bond acceptors (Lipinski definition) is 6. The number of imide groups is 1. The Bertz CT molecular complexity index is 938. The Balaban J connectivity index is 1.86. The van der Waals surface area contributed by atoms with Crippen LogP contribution in [0.15, 0.2) is 29.2 Å². The molecule has 1 aliphatic carbocycles. The lowest BCUT2D eigenvalue weighted by atomic mass is 9.86. The maximum atomic E-state index is 12.1. The standard InChI is InChI=1S/C20H25N3O6S/c1-3-11-21-30(27,28)16-9-6-8-15(12-16)19(25)29-13-18(24)23-20(26)22-17-10-5-4-7-14(17)2/h1,6,8-9,12,14,17,21H,4-5,7,10-11,13H2,2H3,(H2,22,23,24,26). The van der Waals surface area contributed by atoms with Crippen LogP contribution < -0.4 is 15.4 Å². The highest BCUT2D eigenvalue weighted by molar-refractivity contribution is 7.89. The SMILES string of the molecule is C#CCNS(=O)(=O)c1cccc(C(=O)OCC(=O)NC(=O)NC2CCCCC2C)c1. The monoisotopic (exact) mass is 435 g/mol. The first-order chi connectivity index (χ1) is 14.2. The van der Waals surface area contributed by atoms with E-state index in [1.165, 1.54) is 18.2 Å². The fourth-order valence-electron chi connectivity index (χ4n) is 3.12. The van der Waals surface area contributed by atoms with Crippen LogP contribution in [0.5, 0.6) is 0 Å². The molecule has 1 saturated carbocycles. The number of terminal acetylenes is 1. The number of hydrogen-bond donors (Lipinski definition) is 3. The van der Waals surface area contributed by atoms with Gasteiger partial charge in [-0.05, 0) is 37.0 Å². The summed E-state index contributed by atoms with van der Waals surface area (Å²) < 4.78 is 31.2. The second-order valence-electron chi connectivity index (χ2n) is 7.02. The fraction of sp³-hybridized carbons (Fsp3) is 0.450. The number of esters is 1. The Morgan fingerprint density at radius 2 is 1.97 bits per heavy atom. The molecule has 0 radical (unpaired) electrons. The van der Waals surface area contributed by atoms with Gasteiger partial charge >= 0.3 is 12.0 Å². The number of rotatable bonds is 7. The Kier molecular flexibility index (Phi) is 8.38. The summed E-state index contributed by atoms with van der Waals surface area (Å²) in [5, 5.41) is 4.88. The highest BCUT2D eigenvalue weighted by Crippen LogP contribution is 2.23. The summed E-state index contributed by atoms with van der Waals surface area (Å²) in [6, 6.07) is 4.47. The summed E-state index contributed by atoms with van der Waals surface area (Å²) in [5.74, 6) is 0.787. The highest BCUT2D eigenvalue weighted by Gasteiger charge is 2.23. The molecule has 0 bridgehead atoms. The molecule has 30 heavy (non-hydrogen) atoms. The molecule has 0 heterocycles. The van der Waals surface area contributed by atoms with Crippen LogP contribution in [0.4, 0.5) is 4.79 Å². The number of sulfonamides is 1. The van der Waals surface area contributed by atoms with Crippen LogP contribution in [-0.2, 0) is 19.6 Å². The number of amides is 3. The van der Waals surface area contributed by atoms with Crippen molar-refractivity contribution in [2.24, 2.45) is 5.92 Å². The Labute approximate surface area is 176 Å². The number of nitrogens with one attached hydrogen (secondary N) is 3. The number of carbonyl (C=O) groups excluding carboxylic acids is 3. The number of benzene rings is 1. The molecule has 162 valence electrons. The summed E-state index contributed by atoms with van der Waals surface area (Å²) >= 11 is 0. The van der Waals surface area contributed by atoms with Gasteiger partial charge in [0.2, 0.25) is 10.0 Å². The van der Waals surface area contributed by atoms with Crippen molar-refractivity contribution in [3.63, 3.8) is 0 Å². The third-order valence-corrected chi connectivity index (χ3v) is 6.16.